The molecule has 2 nitrogen and oxygen atoms in total. The van der Waals surface area contributed by atoms with Crippen molar-refractivity contribution < 1.29 is 0 Å². The molecule has 2 aromatic rings. The van der Waals surface area contributed by atoms with Crippen molar-refractivity contribution in [3.63, 3.8) is 0 Å². The third-order valence-corrected chi connectivity index (χ3v) is 8.55. The van der Waals surface area contributed by atoms with Gasteiger partial charge in [0.25, 0.3) is 0 Å². The van der Waals surface area contributed by atoms with Crippen LogP contribution in [0.3, 0.4) is 0 Å². The molecule has 2 fully saturated rings. The van der Waals surface area contributed by atoms with Crippen molar-refractivity contribution >= 4 is 0 Å². The summed E-state index contributed by atoms with van der Waals surface area (Å²) in [5.41, 5.74) is 11.5. The van der Waals surface area contributed by atoms with Crippen molar-refractivity contribution in [2.45, 2.75) is 68.7 Å². The SMILES string of the molecule is C1=C2CC3CCC4Cc5cccc6c5C5(c7c(cccc7CC(C1)N25)C6)N34. The second kappa shape index (κ2) is 4.33. The van der Waals surface area contributed by atoms with Crippen molar-refractivity contribution in [2.75, 3.05) is 0 Å². The molecule has 134 valence electrons. The molecule has 1 aliphatic carbocycles. The Morgan fingerprint density at radius 3 is 2.11 bits per heavy atom. The maximum Gasteiger partial charge on any atom is 0.148 e. The molecule has 0 radical (unpaired) electrons. The maximum absolute atomic E-state index is 3.02. The van der Waals surface area contributed by atoms with Gasteiger partial charge in [0.15, 0.2) is 0 Å². The average Bonchev–Trinajstić information content (AvgIpc) is 3.28. The van der Waals surface area contributed by atoms with E-state index in [2.05, 4.69) is 52.3 Å². The number of hydrogen-bond donors (Lipinski definition) is 0. The predicted molar refractivity (Wildman–Crippen MR) is 105 cm³/mol. The quantitative estimate of drug-likeness (QED) is 0.704. The largest absolute Gasteiger partial charge is 0.346 e. The van der Waals surface area contributed by atoms with Crippen LogP contribution < -0.4 is 0 Å². The van der Waals surface area contributed by atoms with Gasteiger partial charge in [-0.1, -0.05) is 42.5 Å². The fraction of sp³-hybridized carbons (Fsp3) is 0.440. The van der Waals surface area contributed by atoms with E-state index in [0.717, 1.165) is 18.5 Å². The van der Waals surface area contributed by atoms with Crippen LogP contribution in [0.5, 0.6) is 0 Å². The lowest BCUT2D eigenvalue weighted by Gasteiger charge is -2.66. The monoisotopic (exact) mass is 352 g/mol. The van der Waals surface area contributed by atoms with Crippen molar-refractivity contribution in [1.29, 1.82) is 0 Å². The topological polar surface area (TPSA) is 6.48 Å². The van der Waals surface area contributed by atoms with E-state index in [-0.39, 0.29) is 5.66 Å². The Bertz CT molecular complexity index is 1050. The second-order valence-corrected chi connectivity index (χ2v) is 9.61. The van der Waals surface area contributed by atoms with Crippen LogP contribution in [0, 0.1) is 0 Å². The molecule has 0 amide bonds. The molecule has 0 saturated carbocycles. The van der Waals surface area contributed by atoms with E-state index >= 15 is 0 Å². The van der Waals surface area contributed by atoms with Crippen LogP contribution in [0.2, 0.25) is 0 Å². The minimum Gasteiger partial charge on any atom is -0.346 e. The van der Waals surface area contributed by atoms with Gasteiger partial charge in [-0.2, -0.15) is 0 Å². The third kappa shape index (κ3) is 1.36. The number of benzene rings is 2. The lowest BCUT2D eigenvalue weighted by molar-refractivity contribution is -0.105. The van der Waals surface area contributed by atoms with Crippen LogP contribution in [0.25, 0.3) is 0 Å². The van der Waals surface area contributed by atoms with Crippen LogP contribution in [-0.4, -0.2) is 27.9 Å². The Morgan fingerprint density at radius 1 is 0.741 bits per heavy atom. The molecule has 4 unspecified atom stereocenters. The Balaban J connectivity index is 1.59. The highest BCUT2D eigenvalue weighted by molar-refractivity contribution is 5.62. The number of nitrogens with zero attached hydrogens (tertiary/aromatic N) is 2. The first-order chi connectivity index (χ1) is 13.4. The van der Waals surface area contributed by atoms with Crippen LogP contribution in [-0.2, 0) is 24.9 Å². The first-order valence-corrected chi connectivity index (χ1v) is 10.8. The Labute approximate surface area is 160 Å². The minimum atomic E-state index is 0.00366. The van der Waals surface area contributed by atoms with E-state index in [1.807, 2.05) is 0 Å². The molecule has 2 heteroatoms. The Kier molecular flexibility index (Phi) is 2.25. The van der Waals surface area contributed by atoms with Gasteiger partial charge in [-0.25, -0.2) is 0 Å². The van der Waals surface area contributed by atoms with Crippen LogP contribution in [0.15, 0.2) is 48.2 Å². The standard InChI is InChI=1S/C25H24N2/c1-3-15-11-16-4-2-6-18-13-20-8-10-22-14-21-9-7-19-12-17(5-1)23(15)25(24(16)18,26(19)21)27(20)22/h1-6,9,19-20,22H,7-8,10-14H2. The molecule has 0 aromatic heterocycles. The first-order valence-electron chi connectivity index (χ1n) is 10.8. The summed E-state index contributed by atoms with van der Waals surface area (Å²) in [6.07, 6.45) is 11.5. The van der Waals surface area contributed by atoms with E-state index in [1.54, 1.807) is 39.1 Å². The normalized spacial score (nSPS) is 36.4. The van der Waals surface area contributed by atoms with E-state index in [9.17, 15) is 0 Å². The van der Waals surface area contributed by atoms with Crippen LogP contribution in [0.1, 0.15) is 59.1 Å². The zero-order chi connectivity index (χ0) is 17.3. The fourth-order valence-corrected chi connectivity index (χ4v) is 7.97. The van der Waals surface area contributed by atoms with Gasteiger partial charge >= 0.3 is 0 Å². The van der Waals surface area contributed by atoms with Crippen molar-refractivity contribution in [2.24, 2.45) is 0 Å². The molecule has 4 atom stereocenters. The molecule has 5 aliphatic heterocycles. The summed E-state index contributed by atoms with van der Waals surface area (Å²) < 4.78 is 0. The highest BCUT2D eigenvalue weighted by Gasteiger charge is 2.65. The minimum absolute atomic E-state index is 0.00366. The predicted octanol–water partition coefficient (Wildman–Crippen LogP) is 4.10. The number of rotatable bonds is 0. The van der Waals surface area contributed by atoms with Gasteiger partial charge in [0.2, 0.25) is 0 Å². The zero-order valence-electron chi connectivity index (χ0n) is 15.6. The highest BCUT2D eigenvalue weighted by Crippen LogP contribution is 2.63. The molecule has 0 bridgehead atoms. The molecule has 8 rings (SSSR count). The molecule has 0 N–H and O–H groups in total. The summed E-state index contributed by atoms with van der Waals surface area (Å²) in [6, 6.07) is 16.5. The van der Waals surface area contributed by atoms with Gasteiger partial charge < -0.3 is 4.90 Å². The summed E-state index contributed by atoms with van der Waals surface area (Å²) in [5.74, 6) is 0. The summed E-state index contributed by atoms with van der Waals surface area (Å²) in [6.45, 7) is 0. The molecule has 5 heterocycles. The lowest BCUT2D eigenvalue weighted by atomic mass is 9.65. The van der Waals surface area contributed by atoms with E-state index in [4.69, 9.17) is 0 Å². The molecular weight excluding hydrogens is 328 g/mol. The highest BCUT2D eigenvalue weighted by atomic mass is 15.5. The van der Waals surface area contributed by atoms with E-state index < -0.39 is 0 Å². The van der Waals surface area contributed by atoms with Crippen molar-refractivity contribution in [3.05, 3.63) is 81.6 Å². The van der Waals surface area contributed by atoms with Crippen LogP contribution >= 0.6 is 0 Å². The van der Waals surface area contributed by atoms with Crippen molar-refractivity contribution in [3.8, 4) is 0 Å². The van der Waals surface area contributed by atoms with Gasteiger partial charge in [0.1, 0.15) is 5.66 Å². The van der Waals surface area contributed by atoms with Gasteiger partial charge in [0, 0.05) is 41.4 Å². The first kappa shape index (κ1) is 14.0. The fourth-order valence-electron chi connectivity index (χ4n) is 7.97. The summed E-state index contributed by atoms with van der Waals surface area (Å²) in [5, 5.41) is 0. The smallest absolute Gasteiger partial charge is 0.148 e. The number of hydrogen-bond acceptors (Lipinski definition) is 2. The molecule has 1 spiro atoms. The molecule has 2 aromatic carbocycles. The summed E-state index contributed by atoms with van der Waals surface area (Å²) in [7, 11) is 0. The van der Waals surface area contributed by atoms with E-state index in [1.165, 1.54) is 38.5 Å². The lowest BCUT2D eigenvalue weighted by Crippen LogP contribution is -2.71. The molecular formula is C25H24N2. The maximum atomic E-state index is 3.02. The molecule has 6 aliphatic rings. The average molecular weight is 352 g/mol. The van der Waals surface area contributed by atoms with Gasteiger partial charge in [-0.3, -0.25) is 4.90 Å². The Morgan fingerprint density at radius 2 is 1.37 bits per heavy atom. The molecule has 2 saturated heterocycles. The van der Waals surface area contributed by atoms with Crippen LogP contribution in [0.4, 0.5) is 0 Å². The van der Waals surface area contributed by atoms with Crippen molar-refractivity contribution in [1.82, 2.24) is 9.80 Å². The summed E-state index contributed by atoms with van der Waals surface area (Å²) >= 11 is 0. The summed E-state index contributed by atoms with van der Waals surface area (Å²) in [4.78, 5) is 5.95. The van der Waals surface area contributed by atoms with Gasteiger partial charge in [0.05, 0.1) is 0 Å². The van der Waals surface area contributed by atoms with Gasteiger partial charge in [-0.15, -0.1) is 0 Å². The van der Waals surface area contributed by atoms with E-state index in [0.29, 0.717) is 6.04 Å². The van der Waals surface area contributed by atoms with Gasteiger partial charge in [-0.05, 0) is 60.8 Å². The zero-order valence-corrected chi connectivity index (χ0v) is 15.6. The Hall–Kier alpha value is -2.06. The third-order valence-electron chi connectivity index (χ3n) is 8.55. The second-order valence-electron chi connectivity index (χ2n) is 9.61. The molecule has 27 heavy (non-hydrogen) atoms.